The van der Waals surface area contributed by atoms with Gasteiger partial charge in [0.15, 0.2) is 12.7 Å². The number of allylic oxidation sites excluding steroid dienone is 2. The number of anilines is 1. The summed E-state index contributed by atoms with van der Waals surface area (Å²) in [5.74, 6) is 0. The van der Waals surface area contributed by atoms with E-state index in [-0.39, 0.29) is 10.5 Å². The molecule has 2 aromatic heterocycles. The van der Waals surface area contributed by atoms with Crippen molar-refractivity contribution in [1.29, 1.82) is 0 Å². The van der Waals surface area contributed by atoms with E-state index in [0.29, 0.717) is 22.6 Å². The highest BCUT2D eigenvalue weighted by molar-refractivity contribution is 8.08. The minimum Gasteiger partial charge on any atom is -0.744 e. The lowest BCUT2D eigenvalue weighted by Crippen LogP contribution is -2.37. The number of fused-ring (bicyclic) bond motifs is 1. The Bertz CT molecular complexity index is 1900. The highest BCUT2D eigenvalue weighted by Crippen LogP contribution is 2.46. The Kier molecular flexibility index (Phi) is 9.72. The predicted octanol–water partition coefficient (Wildman–Crippen LogP) is 4.26. The van der Waals surface area contributed by atoms with E-state index in [1.807, 2.05) is 73.6 Å². The second-order valence-electron chi connectivity index (χ2n) is 9.03. The van der Waals surface area contributed by atoms with Gasteiger partial charge in [-0.2, -0.15) is 4.57 Å². The molecule has 0 atom stereocenters. The summed E-state index contributed by atoms with van der Waals surface area (Å²) in [4.78, 5) is 16.3. The number of thioether (sulfide) groups is 1. The van der Waals surface area contributed by atoms with Gasteiger partial charge in [0, 0.05) is 41.7 Å². The topological polar surface area (TPSA) is 86.3 Å². The van der Waals surface area contributed by atoms with E-state index in [1.54, 1.807) is 34.5 Å². The molecule has 7 nitrogen and oxygen atoms in total. The van der Waals surface area contributed by atoms with Crippen LogP contribution in [0.4, 0.5) is 5.69 Å². The van der Waals surface area contributed by atoms with E-state index in [0.717, 1.165) is 31.5 Å². The van der Waals surface area contributed by atoms with Crippen molar-refractivity contribution < 1.29 is 17.5 Å². The van der Waals surface area contributed by atoms with Crippen molar-refractivity contribution in [2.45, 2.75) is 29.8 Å². The first-order valence-corrected chi connectivity index (χ1v) is 15.8. The van der Waals surface area contributed by atoms with Gasteiger partial charge < -0.3 is 9.45 Å². The third-order valence-corrected chi connectivity index (χ3v) is 9.66. The number of rotatable bonds is 6. The van der Waals surface area contributed by atoms with Gasteiger partial charge in [-0.25, -0.2) is 8.42 Å². The summed E-state index contributed by atoms with van der Waals surface area (Å²) < 4.78 is 36.6. The van der Waals surface area contributed by atoms with Gasteiger partial charge >= 0.3 is 0 Å². The predicted molar refractivity (Wildman–Crippen MR) is 167 cm³/mol. The molecule has 41 heavy (non-hydrogen) atoms. The van der Waals surface area contributed by atoms with Gasteiger partial charge in [0.25, 0.3) is 5.56 Å². The maximum absolute atomic E-state index is 13.3. The molecule has 0 saturated heterocycles. The molecule has 0 aliphatic carbocycles. The van der Waals surface area contributed by atoms with Crippen LogP contribution < -0.4 is 24.2 Å². The Labute approximate surface area is 252 Å². The van der Waals surface area contributed by atoms with Crippen LogP contribution in [0.3, 0.4) is 0 Å². The Morgan fingerprint density at radius 3 is 2.46 bits per heavy atom. The van der Waals surface area contributed by atoms with Crippen LogP contribution >= 0.6 is 34.7 Å². The molecule has 0 spiro atoms. The summed E-state index contributed by atoms with van der Waals surface area (Å²) in [5, 5.41) is 1.61. The normalized spacial score (nSPS) is 14.3. The van der Waals surface area contributed by atoms with E-state index in [4.69, 9.17) is 11.6 Å². The number of halogens is 1. The van der Waals surface area contributed by atoms with Crippen molar-refractivity contribution in [1.82, 2.24) is 4.57 Å². The summed E-state index contributed by atoms with van der Waals surface area (Å²) >= 11 is 9.28. The molecule has 0 amide bonds. The van der Waals surface area contributed by atoms with Gasteiger partial charge in [0.1, 0.15) is 24.3 Å². The molecule has 0 bridgehead atoms. The molecule has 4 aromatic rings. The van der Waals surface area contributed by atoms with E-state index in [1.165, 1.54) is 23.5 Å². The standard InChI is InChI=1S/C23H21ClN3OS2.C7H8O3S/c1-4-11-26-13-7-6-8-17(26)15-20-27(12-5-2)22(28)21(30-20)23-25(3)18-14-16(24)9-10-19(18)29-23;1-6-2-4-7(5-3-6)11(8,9)10/h4-10,13-15H,1-2,11-12H2,3H3;2-5H,1H3,(H,8,9,10)/q+1;/p-1/b23-21-;. The van der Waals surface area contributed by atoms with E-state index < -0.39 is 10.1 Å². The second kappa shape index (κ2) is 13.1. The number of hydrogen-bond acceptors (Lipinski definition) is 7. The highest BCUT2D eigenvalue weighted by atomic mass is 35.5. The zero-order chi connectivity index (χ0) is 29.7. The van der Waals surface area contributed by atoms with Crippen LogP contribution in [0.25, 0.3) is 11.1 Å². The molecule has 0 fully saturated rings. The third kappa shape index (κ3) is 7.09. The lowest BCUT2D eigenvalue weighted by Gasteiger charge is -2.12. The second-order valence-corrected chi connectivity index (χ2v) is 12.9. The fourth-order valence-corrected chi connectivity index (χ4v) is 7.07. The number of aryl methyl sites for hydroxylation is 1. The first-order chi connectivity index (χ1) is 19.5. The number of aromatic nitrogens is 2. The first kappa shape index (κ1) is 30.5. The zero-order valence-corrected chi connectivity index (χ0v) is 25.7. The summed E-state index contributed by atoms with van der Waals surface area (Å²) in [7, 11) is -2.30. The fraction of sp³-hybridized carbons (Fsp3) is 0.133. The first-order valence-electron chi connectivity index (χ1n) is 12.4. The van der Waals surface area contributed by atoms with Crippen molar-refractivity contribution in [3.63, 3.8) is 0 Å². The van der Waals surface area contributed by atoms with Crippen LogP contribution in [0, 0.1) is 6.92 Å². The van der Waals surface area contributed by atoms with Crippen LogP contribution in [-0.4, -0.2) is 24.6 Å². The molecule has 0 unspecified atom stereocenters. The molecule has 0 saturated carbocycles. The number of thiazole rings is 1. The van der Waals surface area contributed by atoms with E-state index in [9.17, 15) is 17.8 Å². The molecule has 11 heteroatoms. The van der Waals surface area contributed by atoms with Gasteiger partial charge in [-0.05, 0) is 49.4 Å². The van der Waals surface area contributed by atoms with Gasteiger partial charge in [-0.15, -0.1) is 17.9 Å². The van der Waals surface area contributed by atoms with Crippen LogP contribution in [0.5, 0.6) is 0 Å². The van der Waals surface area contributed by atoms with Gasteiger partial charge in [0.2, 0.25) is 5.69 Å². The van der Waals surface area contributed by atoms with E-state index >= 15 is 0 Å². The summed E-state index contributed by atoms with van der Waals surface area (Å²) in [6, 6.07) is 17.6. The average molecular weight is 626 g/mol. The van der Waals surface area contributed by atoms with Crippen LogP contribution in [-0.2, 0) is 23.2 Å². The quantitative estimate of drug-likeness (QED) is 0.181. The molecule has 5 rings (SSSR count). The third-order valence-electron chi connectivity index (χ3n) is 6.09. The van der Waals surface area contributed by atoms with Gasteiger partial charge in [0.05, 0.1) is 10.6 Å². The van der Waals surface area contributed by atoms with Crippen molar-refractivity contribution in [3.8, 4) is 0 Å². The molecule has 0 radical (unpaired) electrons. The minimum atomic E-state index is -4.27. The lowest BCUT2D eigenvalue weighted by atomic mass is 10.2. The SMILES string of the molecule is C=CCn1c(=O)/c(=C2/Sc3ccc(Cl)cc3N2C)s/c1=C/c1cccc[n+]1CC=C.Cc1ccc(S(=O)(=O)[O-])cc1. The monoisotopic (exact) mass is 625 g/mol. The molecule has 212 valence electrons. The van der Waals surface area contributed by atoms with Gasteiger partial charge in [-0.1, -0.05) is 53.7 Å². The molecule has 0 N–H and O–H groups in total. The van der Waals surface area contributed by atoms with Crippen LogP contribution in [0.2, 0.25) is 5.02 Å². The molecule has 1 aliphatic heterocycles. The summed E-state index contributed by atoms with van der Waals surface area (Å²) in [6.45, 7) is 10.6. The average Bonchev–Trinajstić information content (AvgIpc) is 3.41. The molecule has 3 heterocycles. The highest BCUT2D eigenvalue weighted by Gasteiger charge is 2.25. The smallest absolute Gasteiger partial charge is 0.272 e. The van der Waals surface area contributed by atoms with E-state index in [2.05, 4.69) is 17.7 Å². The molecular weight excluding hydrogens is 598 g/mol. The summed E-state index contributed by atoms with van der Waals surface area (Å²) in [6.07, 6.45) is 7.67. The molecular formula is C30H28ClN3O4S3. The van der Waals surface area contributed by atoms with Crippen LogP contribution in [0.1, 0.15) is 11.3 Å². The Hall–Kier alpha value is -3.41. The van der Waals surface area contributed by atoms with Crippen molar-refractivity contribution >= 4 is 61.6 Å². The maximum atomic E-state index is 13.3. The van der Waals surface area contributed by atoms with Gasteiger partial charge in [-0.3, -0.25) is 9.36 Å². The molecule has 2 aromatic carbocycles. The van der Waals surface area contributed by atoms with Crippen molar-refractivity contribution in [2.24, 2.45) is 0 Å². The Balaban J connectivity index is 0.000000296. The lowest BCUT2D eigenvalue weighted by molar-refractivity contribution is -0.688. The number of hydrogen-bond donors (Lipinski definition) is 0. The Morgan fingerprint density at radius 2 is 1.80 bits per heavy atom. The minimum absolute atomic E-state index is 0.00870. The number of nitrogens with zero attached hydrogens (tertiary/aromatic N) is 3. The molecule has 1 aliphatic rings. The fourth-order valence-electron chi connectivity index (χ4n) is 4.05. The maximum Gasteiger partial charge on any atom is 0.272 e. The summed E-state index contributed by atoms with van der Waals surface area (Å²) in [5.41, 5.74) is 2.95. The van der Waals surface area contributed by atoms with Crippen molar-refractivity contribution in [2.75, 3.05) is 11.9 Å². The largest absolute Gasteiger partial charge is 0.744 e. The number of benzene rings is 2. The zero-order valence-electron chi connectivity index (χ0n) is 22.5. The van der Waals surface area contributed by atoms with Crippen LogP contribution in [0.15, 0.2) is 107 Å². The number of pyridine rings is 1. The Morgan fingerprint density at radius 1 is 1.07 bits per heavy atom. The van der Waals surface area contributed by atoms with Crippen molar-refractivity contribution in [3.05, 3.63) is 128 Å².